The van der Waals surface area contributed by atoms with Gasteiger partial charge in [-0.05, 0) is 63.2 Å². The van der Waals surface area contributed by atoms with E-state index in [2.05, 4.69) is 34.7 Å². The zero-order valence-corrected chi connectivity index (χ0v) is 23.0. The van der Waals surface area contributed by atoms with Crippen LogP contribution in [0.5, 0.6) is 5.75 Å². The standard InChI is InChI=1S/C30H44N4O4/c1-22(2)25-21-38-26-13-7-6-12-24(26)28(36)31-17-9-8-14-30(29(37)33-25)15-18-34(19-16-30)20-27(35)32-23-10-4-3-5-11-23/h6-9,12-13,22-23,25H,3-5,10-11,14-21H2,1-2H3,(H,31,36)(H,32,35)(H,33,37)/b9-8+/t25-/m0/s1. The second-order valence-corrected chi connectivity index (χ2v) is 11.5. The van der Waals surface area contributed by atoms with Crippen molar-refractivity contribution in [2.24, 2.45) is 11.3 Å². The molecule has 0 bridgehead atoms. The molecule has 2 heterocycles. The first-order valence-electron chi connectivity index (χ1n) is 14.3. The molecule has 3 N–H and O–H groups in total. The van der Waals surface area contributed by atoms with Crippen LogP contribution in [0.4, 0.5) is 0 Å². The minimum Gasteiger partial charge on any atom is -0.491 e. The Morgan fingerprint density at radius 2 is 1.84 bits per heavy atom. The lowest BCUT2D eigenvalue weighted by Crippen LogP contribution is -2.54. The zero-order valence-electron chi connectivity index (χ0n) is 23.0. The Morgan fingerprint density at radius 3 is 2.58 bits per heavy atom. The van der Waals surface area contributed by atoms with Gasteiger partial charge in [0.1, 0.15) is 12.4 Å². The van der Waals surface area contributed by atoms with Gasteiger partial charge in [0.2, 0.25) is 11.8 Å². The SMILES string of the molecule is CC(C)[C@@H]1COc2ccccc2C(=O)NC/C=C/CC2(CCN(CC(=O)NC3CCCCC3)CC2)C(=O)N1. The van der Waals surface area contributed by atoms with Gasteiger partial charge in [-0.15, -0.1) is 0 Å². The highest BCUT2D eigenvalue weighted by Gasteiger charge is 2.41. The fourth-order valence-corrected chi connectivity index (χ4v) is 5.71. The average Bonchev–Trinajstić information content (AvgIpc) is 2.91. The van der Waals surface area contributed by atoms with Crippen LogP contribution in [0.25, 0.3) is 0 Å². The van der Waals surface area contributed by atoms with Gasteiger partial charge in [0, 0.05) is 12.6 Å². The van der Waals surface area contributed by atoms with Crippen molar-refractivity contribution in [2.75, 3.05) is 32.8 Å². The van der Waals surface area contributed by atoms with Crippen LogP contribution >= 0.6 is 0 Å². The summed E-state index contributed by atoms with van der Waals surface area (Å²) < 4.78 is 6.08. The van der Waals surface area contributed by atoms with Crippen LogP contribution in [0.15, 0.2) is 36.4 Å². The lowest BCUT2D eigenvalue weighted by Gasteiger charge is -2.41. The number of hydrogen-bond donors (Lipinski definition) is 3. The van der Waals surface area contributed by atoms with E-state index in [0.29, 0.717) is 62.8 Å². The molecule has 1 aromatic rings. The Labute approximate surface area is 226 Å². The number of amides is 3. The van der Waals surface area contributed by atoms with Gasteiger partial charge in [-0.1, -0.05) is 57.4 Å². The summed E-state index contributed by atoms with van der Waals surface area (Å²) in [7, 11) is 0. The van der Waals surface area contributed by atoms with E-state index >= 15 is 0 Å². The number of nitrogens with one attached hydrogen (secondary N) is 3. The van der Waals surface area contributed by atoms with Crippen LogP contribution in [0.2, 0.25) is 0 Å². The topological polar surface area (TPSA) is 99.8 Å². The lowest BCUT2D eigenvalue weighted by molar-refractivity contribution is -0.135. The number of hydrogen-bond acceptors (Lipinski definition) is 5. The Balaban J connectivity index is 1.42. The molecular weight excluding hydrogens is 480 g/mol. The highest BCUT2D eigenvalue weighted by atomic mass is 16.5. The molecule has 1 aliphatic carbocycles. The third-order valence-corrected chi connectivity index (χ3v) is 8.36. The third-order valence-electron chi connectivity index (χ3n) is 8.36. The summed E-state index contributed by atoms with van der Waals surface area (Å²) >= 11 is 0. The van der Waals surface area contributed by atoms with Gasteiger partial charge in [-0.3, -0.25) is 19.3 Å². The van der Waals surface area contributed by atoms with Crippen LogP contribution in [-0.2, 0) is 9.59 Å². The summed E-state index contributed by atoms with van der Waals surface area (Å²) in [4.78, 5) is 41.4. The monoisotopic (exact) mass is 524 g/mol. The number of ether oxygens (including phenoxy) is 1. The molecule has 0 radical (unpaired) electrons. The minimum absolute atomic E-state index is 0.0464. The van der Waals surface area contributed by atoms with Gasteiger partial charge < -0.3 is 20.7 Å². The molecule has 1 saturated carbocycles. The maximum atomic E-state index is 13.8. The molecule has 38 heavy (non-hydrogen) atoms. The molecule has 0 unspecified atom stereocenters. The molecule has 1 atom stereocenters. The van der Waals surface area contributed by atoms with Gasteiger partial charge in [0.05, 0.1) is 23.6 Å². The molecule has 208 valence electrons. The van der Waals surface area contributed by atoms with Crippen molar-refractivity contribution in [1.82, 2.24) is 20.9 Å². The van der Waals surface area contributed by atoms with Crippen molar-refractivity contribution in [3.8, 4) is 5.75 Å². The number of allylic oxidation sites excluding steroid dienone is 1. The van der Waals surface area contributed by atoms with Crippen molar-refractivity contribution >= 4 is 17.7 Å². The van der Waals surface area contributed by atoms with E-state index in [1.165, 1.54) is 19.3 Å². The van der Waals surface area contributed by atoms with Crippen LogP contribution < -0.4 is 20.7 Å². The number of para-hydroxylation sites is 1. The highest BCUT2D eigenvalue weighted by Crippen LogP contribution is 2.36. The van der Waals surface area contributed by atoms with Crippen molar-refractivity contribution in [1.29, 1.82) is 0 Å². The normalized spacial score (nSPS) is 24.4. The van der Waals surface area contributed by atoms with Gasteiger partial charge >= 0.3 is 0 Å². The van der Waals surface area contributed by atoms with Gasteiger partial charge in [-0.2, -0.15) is 0 Å². The number of rotatable bonds is 4. The van der Waals surface area contributed by atoms with Crippen LogP contribution in [0.1, 0.15) is 75.6 Å². The maximum absolute atomic E-state index is 13.8. The van der Waals surface area contributed by atoms with Crippen LogP contribution in [0, 0.1) is 11.3 Å². The van der Waals surface area contributed by atoms with Crippen molar-refractivity contribution < 1.29 is 19.1 Å². The fraction of sp³-hybridized carbons (Fsp3) is 0.633. The van der Waals surface area contributed by atoms with E-state index in [1.807, 2.05) is 24.3 Å². The molecule has 2 fully saturated rings. The first-order chi connectivity index (χ1) is 18.4. The molecular formula is C30H44N4O4. The predicted octanol–water partition coefficient (Wildman–Crippen LogP) is 3.43. The molecule has 8 heteroatoms. The number of likely N-dealkylation sites (tertiary alicyclic amines) is 1. The van der Waals surface area contributed by atoms with Gasteiger partial charge in [-0.25, -0.2) is 0 Å². The molecule has 2 aliphatic heterocycles. The number of carbonyl (C=O) groups excluding carboxylic acids is 3. The van der Waals surface area contributed by atoms with Gasteiger partial charge in [0.25, 0.3) is 5.91 Å². The summed E-state index contributed by atoms with van der Waals surface area (Å²) in [6, 6.07) is 7.32. The third kappa shape index (κ3) is 7.37. The fourth-order valence-electron chi connectivity index (χ4n) is 5.71. The molecule has 1 aromatic carbocycles. The van der Waals surface area contributed by atoms with E-state index in [9.17, 15) is 14.4 Å². The molecule has 8 nitrogen and oxygen atoms in total. The van der Waals surface area contributed by atoms with E-state index in [0.717, 1.165) is 12.8 Å². The number of fused-ring (bicyclic) bond motifs is 1. The molecule has 0 aromatic heterocycles. The van der Waals surface area contributed by atoms with E-state index in [4.69, 9.17) is 4.74 Å². The first kappa shape index (κ1) is 28.1. The summed E-state index contributed by atoms with van der Waals surface area (Å²) in [6.07, 6.45) is 11.7. The lowest BCUT2D eigenvalue weighted by atomic mass is 9.74. The van der Waals surface area contributed by atoms with Crippen molar-refractivity contribution in [3.63, 3.8) is 0 Å². The number of nitrogens with zero attached hydrogens (tertiary/aromatic N) is 1. The first-order valence-corrected chi connectivity index (χ1v) is 14.3. The van der Waals surface area contributed by atoms with E-state index in [1.54, 1.807) is 12.1 Å². The Kier molecular flexibility index (Phi) is 9.83. The maximum Gasteiger partial charge on any atom is 0.255 e. The van der Waals surface area contributed by atoms with Crippen molar-refractivity contribution in [2.45, 2.75) is 77.3 Å². The van der Waals surface area contributed by atoms with Crippen molar-refractivity contribution in [3.05, 3.63) is 42.0 Å². The van der Waals surface area contributed by atoms with Crippen LogP contribution in [0.3, 0.4) is 0 Å². The predicted molar refractivity (Wildman–Crippen MR) is 148 cm³/mol. The van der Waals surface area contributed by atoms with E-state index < -0.39 is 5.41 Å². The second kappa shape index (κ2) is 13.3. The minimum atomic E-state index is -0.550. The quantitative estimate of drug-likeness (QED) is 0.524. The smallest absolute Gasteiger partial charge is 0.255 e. The number of piperidine rings is 1. The average molecular weight is 525 g/mol. The summed E-state index contributed by atoms with van der Waals surface area (Å²) in [5.41, 5.74) is -0.0605. The highest BCUT2D eigenvalue weighted by molar-refractivity contribution is 5.97. The second-order valence-electron chi connectivity index (χ2n) is 11.5. The Bertz CT molecular complexity index is 994. The zero-order chi connectivity index (χ0) is 27.0. The summed E-state index contributed by atoms with van der Waals surface area (Å²) in [5.74, 6) is 0.632. The summed E-state index contributed by atoms with van der Waals surface area (Å²) in [6.45, 7) is 6.59. The Morgan fingerprint density at radius 1 is 1.11 bits per heavy atom. The molecule has 1 saturated heterocycles. The molecule has 4 rings (SSSR count). The molecule has 3 amide bonds. The van der Waals surface area contributed by atoms with Gasteiger partial charge in [0.15, 0.2) is 0 Å². The summed E-state index contributed by atoms with van der Waals surface area (Å²) in [5, 5.41) is 9.43. The Hall–Kier alpha value is -2.87. The largest absolute Gasteiger partial charge is 0.491 e. The molecule has 3 aliphatic rings. The number of carbonyl (C=O) groups is 3. The number of benzene rings is 1. The van der Waals surface area contributed by atoms with E-state index in [-0.39, 0.29) is 36.3 Å². The van der Waals surface area contributed by atoms with Crippen LogP contribution in [-0.4, -0.2) is 67.5 Å². The molecule has 1 spiro atoms.